The highest BCUT2D eigenvalue weighted by atomic mass is 35.5. The number of pyridine rings is 1. The predicted octanol–water partition coefficient (Wildman–Crippen LogP) is 5.33. The highest BCUT2D eigenvalue weighted by Crippen LogP contribution is 2.50. The summed E-state index contributed by atoms with van der Waals surface area (Å²) in [7, 11) is 0. The molecule has 1 unspecified atom stereocenters. The van der Waals surface area contributed by atoms with Gasteiger partial charge in [-0.25, -0.2) is 4.98 Å². The van der Waals surface area contributed by atoms with Crippen LogP contribution < -0.4 is 5.32 Å². The van der Waals surface area contributed by atoms with Crippen molar-refractivity contribution in [2.45, 2.75) is 6.10 Å². The maximum absolute atomic E-state index is 12.7. The predicted molar refractivity (Wildman–Crippen MR) is 106 cm³/mol. The largest absolute Gasteiger partial charge is 0.479 e. The molecule has 27 heavy (non-hydrogen) atoms. The molecule has 0 saturated heterocycles. The van der Waals surface area contributed by atoms with Gasteiger partial charge in [-0.15, -0.1) is 0 Å². The molecule has 0 radical (unpaired) electrons. The Balaban J connectivity index is 1.78. The van der Waals surface area contributed by atoms with Crippen LogP contribution in [0, 0.1) is 0 Å². The Morgan fingerprint density at radius 3 is 2.52 bits per heavy atom. The Bertz CT molecular complexity index is 1130. The van der Waals surface area contributed by atoms with E-state index in [9.17, 15) is 4.79 Å². The quantitative estimate of drug-likeness (QED) is 0.448. The maximum atomic E-state index is 12.7. The summed E-state index contributed by atoms with van der Waals surface area (Å²) in [5.74, 6) is 0.254. The summed E-state index contributed by atoms with van der Waals surface area (Å²) in [6.45, 7) is 0. The van der Waals surface area contributed by atoms with E-state index >= 15 is 0 Å². The molecular formula is C21H12Cl2N2O2. The molecule has 2 aromatic carbocycles. The van der Waals surface area contributed by atoms with Gasteiger partial charge in [-0.05, 0) is 11.6 Å². The molecule has 5 rings (SSSR count). The van der Waals surface area contributed by atoms with Crippen LogP contribution >= 0.6 is 23.2 Å². The lowest BCUT2D eigenvalue weighted by atomic mass is 9.98. The van der Waals surface area contributed by atoms with Crippen LogP contribution in [-0.4, -0.2) is 10.9 Å². The number of hydrogen-bond acceptors (Lipinski definition) is 3. The molecule has 0 spiro atoms. The fraction of sp³-hybridized carbons (Fsp3) is 0.0476. The van der Waals surface area contributed by atoms with Crippen molar-refractivity contribution in [1.82, 2.24) is 4.98 Å². The zero-order chi connectivity index (χ0) is 18.5. The SMILES string of the molecule is O=C1Nc2ccccc2/C1=C1\OC(c2ccccc2)c2c1cnc(Cl)c2Cl. The molecule has 3 heterocycles. The van der Waals surface area contributed by atoms with E-state index in [2.05, 4.69) is 10.3 Å². The minimum atomic E-state index is -0.461. The Morgan fingerprint density at radius 2 is 1.70 bits per heavy atom. The Morgan fingerprint density at radius 1 is 0.963 bits per heavy atom. The zero-order valence-corrected chi connectivity index (χ0v) is 15.4. The Labute approximate surface area is 165 Å². The number of hydrogen-bond donors (Lipinski definition) is 1. The van der Waals surface area contributed by atoms with Gasteiger partial charge in [0, 0.05) is 28.6 Å². The third kappa shape index (κ3) is 2.45. The fourth-order valence-electron chi connectivity index (χ4n) is 3.55. The zero-order valence-electron chi connectivity index (χ0n) is 13.9. The molecule has 2 aliphatic rings. The van der Waals surface area contributed by atoms with E-state index in [0.717, 1.165) is 22.4 Å². The molecule has 1 amide bonds. The molecular weight excluding hydrogens is 383 g/mol. The lowest BCUT2D eigenvalue weighted by molar-refractivity contribution is -0.110. The highest BCUT2D eigenvalue weighted by molar-refractivity contribution is 6.42. The first-order valence-electron chi connectivity index (χ1n) is 8.36. The van der Waals surface area contributed by atoms with E-state index in [-0.39, 0.29) is 11.1 Å². The van der Waals surface area contributed by atoms with Gasteiger partial charge in [0.1, 0.15) is 10.9 Å². The van der Waals surface area contributed by atoms with Crippen LogP contribution in [0.5, 0.6) is 0 Å². The second kappa shape index (κ2) is 6.12. The van der Waals surface area contributed by atoms with Crippen LogP contribution in [0.25, 0.3) is 11.3 Å². The summed E-state index contributed by atoms with van der Waals surface area (Å²) in [5.41, 5.74) is 4.35. The van der Waals surface area contributed by atoms with Crippen LogP contribution in [0.1, 0.15) is 28.4 Å². The van der Waals surface area contributed by atoms with Crippen LogP contribution in [0.3, 0.4) is 0 Å². The molecule has 132 valence electrons. The smallest absolute Gasteiger partial charge is 0.260 e. The lowest BCUT2D eigenvalue weighted by Crippen LogP contribution is -2.06. The molecule has 1 atom stereocenters. The van der Waals surface area contributed by atoms with Gasteiger partial charge >= 0.3 is 0 Å². The molecule has 4 nitrogen and oxygen atoms in total. The number of anilines is 1. The fourth-order valence-corrected chi connectivity index (χ4v) is 3.95. The van der Waals surface area contributed by atoms with Crippen molar-refractivity contribution in [1.29, 1.82) is 0 Å². The number of amides is 1. The van der Waals surface area contributed by atoms with Crippen LogP contribution in [0.4, 0.5) is 5.69 Å². The van der Waals surface area contributed by atoms with Gasteiger partial charge in [0.05, 0.1) is 10.6 Å². The Hall–Kier alpha value is -2.82. The first kappa shape index (κ1) is 16.4. The number of benzene rings is 2. The van der Waals surface area contributed by atoms with E-state index in [0.29, 0.717) is 21.9 Å². The third-order valence-electron chi connectivity index (χ3n) is 4.76. The molecule has 0 fully saturated rings. The molecule has 1 N–H and O–H groups in total. The number of carbonyl (C=O) groups excluding carboxylic acids is 1. The van der Waals surface area contributed by atoms with E-state index in [1.54, 1.807) is 6.20 Å². The number of nitrogens with one attached hydrogen (secondary N) is 1. The van der Waals surface area contributed by atoms with Crippen molar-refractivity contribution >= 4 is 46.1 Å². The lowest BCUT2D eigenvalue weighted by Gasteiger charge is -2.14. The van der Waals surface area contributed by atoms with E-state index in [4.69, 9.17) is 27.9 Å². The van der Waals surface area contributed by atoms with Crippen molar-refractivity contribution < 1.29 is 9.53 Å². The monoisotopic (exact) mass is 394 g/mol. The van der Waals surface area contributed by atoms with Crippen LogP contribution in [-0.2, 0) is 9.53 Å². The van der Waals surface area contributed by atoms with E-state index in [1.165, 1.54) is 0 Å². The van der Waals surface area contributed by atoms with E-state index in [1.807, 2.05) is 54.6 Å². The number of aromatic nitrogens is 1. The van der Waals surface area contributed by atoms with Crippen molar-refractivity contribution in [2.24, 2.45) is 0 Å². The van der Waals surface area contributed by atoms with Crippen LogP contribution in [0.2, 0.25) is 10.2 Å². The molecule has 0 saturated carbocycles. The summed E-state index contributed by atoms with van der Waals surface area (Å²) in [6, 6.07) is 17.2. The van der Waals surface area contributed by atoms with Crippen molar-refractivity contribution in [3.8, 4) is 0 Å². The normalized spacial score (nSPS) is 20.1. The third-order valence-corrected chi connectivity index (χ3v) is 5.52. The first-order valence-corrected chi connectivity index (χ1v) is 9.11. The van der Waals surface area contributed by atoms with Crippen LogP contribution in [0.15, 0.2) is 60.8 Å². The summed E-state index contributed by atoms with van der Waals surface area (Å²) >= 11 is 12.7. The van der Waals surface area contributed by atoms with Gasteiger partial charge in [0.15, 0.2) is 6.10 Å². The maximum Gasteiger partial charge on any atom is 0.260 e. The van der Waals surface area contributed by atoms with Crippen molar-refractivity contribution in [3.05, 3.63) is 93.2 Å². The average Bonchev–Trinajstić information content (AvgIpc) is 3.22. The molecule has 3 aromatic rings. The number of nitrogens with zero attached hydrogens (tertiary/aromatic N) is 1. The molecule has 2 aliphatic heterocycles. The van der Waals surface area contributed by atoms with Gasteiger partial charge in [0.2, 0.25) is 0 Å². The van der Waals surface area contributed by atoms with Gasteiger partial charge in [-0.2, -0.15) is 0 Å². The second-order valence-corrected chi connectivity index (χ2v) is 7.04. The van der Waals surface area contributed by atoms with Crippen molar-refractivity contribution in [2.75, 3.05) is 5.32 Å². The first-order chi connectivity index (χ1) is 13.1. The molecule has 6 heteroatoms. The highest BCUT2D eigenvalue weighted by Gasteiger charge is 2.39. The number of halogens is 2. The topological polar surface area (TPSA) is 51.2 Å². The summed E-state index contributed by atoms with van der Waals surface area (Å²) in [5, 5.41) is 3.43. The standard InChI is InChI=1S/C21H12Cl2N2O2/c22-17-15-13(10-24-20(17)23)19(27-18(15)11-6-2-1-3-7-11)16-12-8-4-5-9-14(12)25-21(16)26/h1-10,18H,(H,25,26)/b19-16+. The number of rotatable bonds is 1. The number of fused-ring (bicyclic) bond motifs is 2. The van der Waals surface area contributed by atoms with Gasteiger partial charge in [-0.3, -0.25) is 4.79 Å². The minimum absolute atomic E-state index is 0.211. The number of carbonyl (C=O) groups is 1. The van der Waals surface area contributed by atoms with Crippen molar-refractivity contribution in [3.63, 3.8) is 0 Å². The molecule has 1 aromatic heterocycles. The van der Waals surface area contributed by atoms with E-state index < -0.39 is 6.10 Å². The van der Waals surface area contributed by atoms with Gasteiger partial charge in [-0.1, -0.05) is 71.7 Å². The number of para-hydroxylation sites is 1. The molecule has 0 aliphatic carbocycles. The summed E-state index contributed by atoms with van der Waals surface area (Å²) in [4.78, 5) is 16.9. The second-order valence-electron chi connectivity index (χ2n) is 6.30. The average molecular weight is 395 g/mol. The summed E-state index contributed by atoms with van der Waals surface area (Å²) < 4.78 is 6.30. The van der Waals surface area contributed by atoms with Gasteiger partial charge < -0.3 is 10.1 Å². The molecule has 0 bridgehead atoms. The minimum Gasteiger partial charge on any atom is -0.479 e. The Kier molecular flexibility index (Phi) is 3.71. The number of ether oxygens (including phenoxy) is 1. The van der Waals surface area contributed by atoms with Gasteiger partial charge in [0.25, 0.3) is 5.91 Å². The summed E-state index contributed by atoms with van der Waals surface area (Å²) in [6.07, 6.45) is 1.15.